The molecule has 2 heteroatoms. The summed E-state index contributed by atoms with van der Waals surface area (Å²) in [5.74, 6) is 1.98. The Morgan fingerprint density at radius 2 is 0.909 bits per heavy atom. The third-order valence-corrected chi connectivity index (χ3v) is 7.02. The van der Waals surface area contributed by atoms with Gasteiger partial charge in [0.2, 0.25) is 6.08 Å². The van der Waals surface area contributed by atoms with Crippen LogP contribution in [0, 0.1) is 17.8 Å². The van der Waals surface area contributed by atoms with Gasteiger partial charge in [-0.25, -0.2) is 4.79 Å². The lowest BCUT2D eigenvalue weighted by molar-refractivity contribution is 0.0349. The fraction of sp³-hybridized carbons (Fsp3) is 0.950. The molecule has 0 heterocycles. The van der Waals surface area contributed by atoms with Crippen molar-refractivity contribution < 1.29 is 4.79 Å². The smallest absolute Gasteiger partial charge is 0.211 e. The number of hydrogen-bond donors (Lipinski definition) is 0. The fourth-order valence-electron chi connectivity index (χ4n) is 6.05. The highest BCUT2D eigenvalue weighted by Gasteiger charge is 2.51. The minimum atomic E-state index is -0.0387. The minimum absolute atomic E-state index is 0.0387. The molecule has 2 nitrogen and oxygen atoms in total. The maximum Gasteiger partial charge on any atom is 0.235 e. The Kier molecular flexibility index (Phi) is 5.74. The molecule has 0 spiro atoms. The molecule has 3 fully saturated rings. The van der Waals surface area contributed by atoms with Crippen LogP contribution >= 0.6 is 0 Å². The van der Waals surface area contributed by atoms with Crippen LogP contribution < -0.4 is 0 Å². The van der Waals surface area contributed by atoms with E-state index >= 15 is 0 Å². The molecule has 0 aromatic heterocycles. The van der Waals surface area contributed by atoms with Crippen LogP contribution in [0.4, 0.5) is 0 Å². The molecular formula is C20H33NO. The molecule has 3 saturated carbocycles. The van der Waals surface area contributed by atoms with Crippen LogP contribution in [-0.2, 0) is 4.79 Å². The summed E-state index contributed by atoms with van der Waals surface area (Å²) in [6.07, 6.45) is 22.1. The Bertz CT molecular complexity index is 335. The molecule has 0 radical (unpaired) electrons. The molecule has 3 aliphatic rings. The predicted octanol–water partition coefficient (Wildman–Crippen LogP) is 5.80. The van der Waals surface area contributed by atoms with E-state index in [0.717, 1.165) is 0 Å². The Hall–Kier alpha value is -0.620. The Morgan fingerprint density at radius 3 is 1.18 bits per heavy atom. The second-order valence-electron chi connectivity index (χ2n) is 8.10. The van der Waals surface area contributed by atoms with Crippen molar-refractivity contribution in [3.8, 4) is 0 Å². The van der Waals surface area contributed by atoms with E-state index in [0.29, 0.717) is 17.8 Å². The molecular weight excluding hydrogens is 270 g/mol. The van der Waals surface area contributed by atoms with Gasteiger partial charge in [-0.05, 0) is 56.3 Å². The van der Waals surface area contributed by atoms with Crippen LogP contribution in [0.1, 0.15) is 96.3 Å². The second kappa shape index (κ2) is 7.77. The van der Waals surface area contributed by atoms with E-state index < -0.39 is 0 Å². The highest BCUT2D eigenvalue weighted by atomic mass is 16.1. The van der Waals surface area contributed by atoms with Crippen LogP contribution in [0.5, 0.6) is 0 Å². The van der Waals surface area contributed by atoms with Gasteiger partial charge in [0.15, 0.2) is 0 Å². The summed E-state index contributed by atoms with van der Waals surface area (Å²) in [6.45, 7) is 0. The number of nitrogens with zero attached hydrogens (tertiary/aromatic N) is 1. The molecule has 0 aliphatic heterocycles. The predicted molar refractivity (Wildman–Crippen MR) is 90.6 cm³/mol. The zero-order valence-electron chi connectivity index (χ0n) is 14.2. The Morgan fingerprint density at radius 1 is 0.591 bits per heavy atom. The molecule has 3 aliphatic carbocycles. The van der Waals surface area contributed by atoms with Crippen LogP contribution in [0.2, 0.25) is 0 Å². The van der Waals surface area contributed by atoms with Gasteiger partial charge in [-0.3, -0.25) is 0 Å². The van der Waals surface area contributed by atoms with E-state index in [-0.39, 0.29) is 5.54 Å². The van der Waals surface area contributed by atoms with Gasteiger partial charge in [-0.2, -0.15) is 4.99 Å². The van der Waals surface area contributed by atoms with Gasteiger partial charge in [0, 0.05) is 0 Å². The summed E-state index contributed by atoms with van der Waals surface area (Å²) < 4.78 is 0. The Labute approximate surface area is 136 Å². The lowest BCUT2D eigenvalue weighted by Crippen LogP contribution is -2.51. The minimum Gasteiger partial charge on any atom is -0.211 e. The molecule has 0 N–H and O–H groups in total. The van der Waals surface area contributed by atoms with Crippen molar-refractivity contribution >= 4 is 6.08 Å². The van der Waals surface area contributed by atoms with Crippen molar-refractivity contribution in [3.63, 3.8) is 0 Å². The first-order valence-electron chi connectivity index (χ1n) is 9.97. The lowest BCUT2D eigenvalue weighted by Gasteiger charge is -2.51. The van der Waals surface area contributed by atoms with Crippen LogP contribution in [0.25, 0.3) is 0 Å². The largest absolute Gasteiger partial charge is 0.235 e. The first-order valence-corrected chi connectivity index (χ1v) is 9.97. The molecule has 22 heavy (non-hydrogen) atoms. The van der Waals surface area contributed by atoms with Crippen molar-refractivity contribution in [1.29, 1.82) is 0 Å². The number of hydrogen-bond acceptors (Lipinski definition) is 2. The van der Waals surface area contributed by atoms with Gasteiger partial charge >= 0.3 is 0 Å². The SMILES string of the molecule is O=C=NC(C1CCCCC1)(C1CCCCC1)C1CCCCC1. The van der Waals surface area contributed by atoms with Gasteiger partial charge in [-0.15, -0.1) is 0 Å². The van der Waals surface area contributed by atoms with Gasteiger partial charge in [0.1, 0.15) is 0 Å². The molecule has 0 saturated heterocycles. The summed E-state index contributed by atoms with van der Waals surface area (Å²) in [6, 6.07) is 0. The van der Waals surface area contributed by atoms with Crippen molar-refractivity contribution in [3.05, 3.63) is 0 Å². The number of aliphatic imine (C=N–C) groups is 1. The molecule has 124 valence electrons. The van der Waals surface area contributed by atoms with Crippen molar-refractivity contribution in [2.75, 3.05) is 0 Å². The van der Waals surface area contributed by atoms with Gasteiger partial charge in [0.05, 0.1) is 5.54 Å². The van der Waals surface area contributed by atoms with Crippen molar-refractivity contribution in [2.45, 2.75) is 102 Å². The fourth-order valence-corrected chi connectivity index (χ4v) is 6.05. The lowest BCUT2D eigenvalue weighted by atomic mass is 9.57. The highest BCUT2D eigenvalue weighted by molar-refractivity contribution is 5.36. The van der Waals surface area contributed by atoms with Gasteiger partial charge in [0.25, 0.3) is 0 Å². The first-order chi connectivity index (χ1) is 10.9. The maximum absolute atomic E-state index is 11.5. The number of carbonyl (C=O) groups excluding carboxylic acids is 1. The molecule has 3 rings (SSSR count). The summed E-state index contributed by atoms with van der Waals surface area (Å²) in [7, 11) is 0. The Balaban J connectivity index is 1.93. The van der Waals surface area contributed by atoms with E-state index in [9.17, 15) is 4.79 Å². The molecule has 0 amide bonds. The van der Waals surface area contributed by atoms with Gasteiger partial charge in [-0.1, -0.05) is 57.8 Å². The zero-order valence-corrected chi connectivity index (χ0v) is 14.2. The molecule has 0 unspecified atom stereocenters. The topological polar surface area (TPSA) is 29.4 Å². The molecule has 0 aromatic carbocycles. The standard InChI is InChI=1S/C20H33NO/c22-16-21-20(17-10-4-1-5-11-17,18-12-6-2-7-13-18)19-14-8-3-9-15-19/h17-19H,1-15H2. The normalized spacial score (nSPS) is 26.5. The number of rotatable bonds is 4. The average molecular weight is 303 g/mol. The zero-order chi connectivity index (χ0) is 15.3. The third kappa shape index (κ3) is 3.18. The average Bonchev–Trinajstić information content (AvgIpc) is 2.62. The molecule has 0 bridgehead atoms. The van der Waals surface area contributed by atoms with Crippen molar-refractivity contribution in [1.82, 2.24) is 0 Å². The third-order valence-electron chi connectivity index (χ3n) is 7.02. The van der Waals surface area contributed by atoms with Crippen LogP contribution in [-0.4, -0.2) is 11.6 Å². The van der Waals surface area contributed by atoms with E-state index in [2.05, 4.69) is 6.08 Å². The van der Waals surface area contributed by atoms with E-state index in [1.807, 2.05) is 0 Å². The maximum atomic E-state index is 11.5. The van der Waals surface area contributed by atoms with Crippen LogP contribution in [0.3, 0.4) is 0 Å². The monoisotopic (exact) mass is 303 g/mol. The second-order valence-corrected chi connectivity index (χ2v) is 8.10. The summed E-state index contributed by atoms with van der Waals surface area (Å²) in [5.41, 5.74) is -0.0387. The summed E-state index contributed by atoms with van der Waals surface area (Å²) in [5, 5.41) is 0. The quantitative estimate of drug-likeness (QED) is 0.476. The first kappa shape index (κ1) is 16.2. The summed E-state index contributed by atoms with van der Waals surface area (Å²) in [4.78, 5) is 16.2. The highest BCUT2D eigenvalue weighted by Crippen LogP contribution is 2.52. The van der Waals surface area contributed by atoms with Crippen molar-refractivity contribution in [2.24, 2.45) is 22.7 Å². The van der Waals surface area contributed by atoms with Crippen LogP contribution in [0.15, 0.2) is 4.99 Å². The molecule has 0 aromatic rings. The van der Waals surface area contributed by atoms with Gasteiger partial charge < -0.3 is 0 Å². The van der Waals surface area contributed by atoms with E-state index in [4.69, 9.17) is 4.99 Å². The van der Waals surface area contributed by atoms with E-state index in [1.54, 1.807) is 0 Å². The summed E-state index contributed by atoms with van der Waals surface area (Å²) >= 11 is 0. The molecule has 0 atom stereocenters. The van der Waals surface area contributed by atoms with E-state index in [1.165, 1.54) is 96.3 Å². The number of isocyanates is 1.